The summed E-state index contributed by atoms with van der Waals surface area (Å²) in [6.45, 7) is 4.39. The molecule has 1 aliphatic heterocycles. The minimum Gasteiger partial charge on any atom is -0.493 e. The molecule has 154 valence electrons. The number of carbonyl (C=O) groups excluding carboxylic acids is 1. The summed E-state index contributed by atoms with van der Waals surface area (Å²) in [6, 6.07) is 8.23. The second-order valence-electron chi connectivity index (χ2n) is 8.19. The number of anilines is 1. The average Bonchev–Trinajstić information content (AvgIpc) is 3.42. The Labute approximate surface area is 171 Å². The van der Waals surface area contributed by atoms with Crippen molar-refractivity contribution < 1.29 is 14.1 Å². The van der Waals surface area contributed by atoms with Crippen LogP contribution in [0.5, 0.6) is 5.75 Å². The van der Waals surface area contributed by atoms with Crippen molar-refractivity contribution in [3.63, 3.8) is 0 Å². The maximum Gasteiger partial charge on any atom is 0.322 e. The van der Waals surface area contributed by atoms with Crippen LogP contribution >= 0.6 is 0 Å². The Morgan fingerprint density at radius 2 is 2.24 bits per heavy atom. The molecule has 2 amide bonds. The Morgan fingerprint density at radius 3 is 3.00 bits per heavy atom. The molecule has 0 radical (unpaired) electrons. The quantitative estimate of drug-likeness (QED) is 0.755. The third-order valence-corrected chi connectivity index (χ3v) is 5.94. The fourth-order valence-corrected chi connectivity index (χ4v) is 4.22. The third-order valence-electron chi connectivity index (χ3n) is 5.94. The first-order chi connectivity index (χ1) is 14.2. The van der Waals surface area contributed by atoms with Crippen LogP contribution in [0.2, 0.25) is 0 Å². The van der Waals surface area contributed by atoms with Gasteiger partial charge in [0, 0.05) is 13.1 Å². The summed E-state index contributed by atoms with van der Waals surface area (Å²) in [5.41, 5.74) is 3.11. The fourth-order valence-electron chi connectivity index (χ4n) is 4.22. The van der Waals surface area contributed by atoms with Crippen molar-refractivity contribution in [2.75, 3.05) is 25.0 Å². The molecule has 0 spiro atoms. The van der Waals surface area contributed by atoms with Gasteiger partial charge in [-0.1, -0.05) is 48.7 Å². The molecule has 0 bridgehead atoms. The molecule has 1 aliphatic carbocycles. The number of urea groups is 1. The van der Waals surface area contributed by atoms with Gasteiger partial charge in [-0.3, -0.25) is 0 Å². The van der Waals surface area contributed by atoms with Crippen LogP contribution in [0.1, 0.15) is 44.6 Å². The van der Waals surface area contributed by atoms with E-state index < -0.39 is 0 Å². The van der Waals surface area contributed by atoms with Gasteiger partial charge in [-0.25, -0.2) is 4.79 Å². The first-order valence-corrected chi connectivity index (χ1v) is 10.6. The molecule has 2 aliphatic rings. The van der Waals surface area contributed by atoms with Gasteiger partial charge < -0.3 is 19.5 Å². The van der Waals surface area contributed by atoms with Crippen LogP contribution in [0.3, 0.4) is 0 Å². The van der Waals surface area contributed by atoms with Gasteiger partial charge in [0.25, 0.3) is 0 Å². The molecule has 1 saturated heterocycles. The molecular weight excluding hydrogens is 366 g/mol. The highest BCUT2D eigenvalue weighted by Crippen LogP contribution is 2.28. The number of aromatic nitrogens is 1. The number of nitrogens with one attached hydrogen (secondary N) is 1. The lowest BCUT2D eigenvalue weighted by Crippen LogP contribution is -2.42. The van der Waals surface area contributed by atoms with Crippen LogP contribution in [0.4, 0.5) is 10.5 Å². The molecule has 2 aromatic rings. The fraction of sp³-hybridized carbons (Fsp3) is 0.478. The molecule has 6 nitrogen and oxygen atoms in total. The van der Waals surface area contributed by atoms with Crippen LogP contribution in [-0.4, -0.2) is 35.8 Å². The van der Waals surface area contributed by atoms with Gasteiger partial charge in [0.2, 0.25) is 0 Å². The minimum atomic E-state index is -0.110. The highest BCUT2D eigenvalue weighted by atomic mass is 16.5. The number of carbonyl (C=O) groups is 1. The number of rotatable bonds is 5. The molecule has 1 atom stereocenters. The van der Waals surface area contributed by atoms with E-state index in [2.05, 4.69) is 41.7 Å². The van der Waals surface area contributed by atoms with E-state index in [4.69, 9.17) is 9.26 Å². The number of ether oxygens (including phenoxy) is 1. The average molecular weight is 396 g/mol. The number of piperidine rings is 1. The predicted molar refractivity (Wildman–Crippen MR) is 113 cm³/mol. The van der Waals surface area contributed by atoms with Gasteiger partial charge in [0.1, 0.15) is 17.7 Å². The molecule has 1 aromatic carbocycles. The Hall–Kier alpha value is -2.76. The number of hydrogen-bond acceptors (Lipinski definition) is 4. The highest BCUT2D eigenvalue weighted by Gasteiger charge is 2.24. The highest BCUT2D eigenvalue weighted by molar-refractivity contribution is 5.89. The molecule has 1 aromatic heterocycles. The molecule has 1 unspecified atom stereocenters. The van der Waals surface area contributed by atoms with Crippen molar-refractivity contribution in [2.24, 2.45) is 11.8 Å². The van der Waals surface area contributed by atoms with E-state index in [9.17, 15) is 4.79 Å². The van der Waals surface area contributed by atoms with Crippen molar-refractivity contribution in [2.45, 2.75) is 39.0 Å². The van der Waals surface area contributed by atoms with E-state index in [1.807, 2.05) is 11.0 Å². The van der Waals surface area contributed by atoms with Crippen molar-refractivity contribution in [1.82, 2.24) is 10.1 Å². The Bertz CT molecular complexity index is 841. The normalized spacial score (nSPS) is 21.5. The summed E-state index contributed by atoms with van der Waals surface area (Å²) in [6.07, 6.45) is 11.3. The Kier molecular flexibility index (Phi) is 6.17. The summed E-state index contributed by atoms with van der Waals surface area (Å²) in [5.74, 6) is 1.97. The lowest BCUT2D eigenvalue weighted by Gasteiger charge is -2.33. The van der Waals surface area contributed by atoms with Crippen molar-refractivity contribution in [3.8, 4) is 5.75 Å². The van der Waals surface area contributed by atoms with Crippen molar-refractivity contribution in [1.29, 1.82) is 0 Å². The number of nitrogens with zero attached hydrogens (tertiary/aromatic N) is 2. The molecule has 4 rings (SSSR count). The number of hydrogen-bond donors (Lipinski definition) is 1. The number of likely N-dealkylation sites (tertiary alicyclic amines) is 1. The molecule has 1 saturated carbocycles. The van der Waals surface area contributed by atoms with Gasteiger partial charge in [-0.05, 0) is 48.8 Å². The van der Waals surface area contributed by atoms with Crippen LogP contribution in [0.15, 0.2) is 46.8 Å². The van der Waals surface area contributed by atoms with E-state index in [1.165, 1.54) is 43.7 Å². The summed E-state index contributed by atoms with van der Waals surface area (Å²) in [7, 11) is 0. The van der Waals surface area contributed by atoms with Gasteiger partial charge in [-0.2, -0.15) is 0 Å². The lowest BCUT2D eigenvalue weighted by molar-refractivity contribution is 0.198. The summed E-state index contributed by atoms with van der Waals surface area (Å²) < 4.78 is 10.8. The third kappa shape index (κ3) is 5.19. The van der Waals surface area contributed by atoms with Gasteiger partial charge in [0.05, 0.1) is 12.8 Å². The second-order valence-corrected chi connectivity index (χ2v) is 8.19. The summed E-state index contributed by atoms with van der Waals surface area (Å²) in [4.78, 5) is 14.3. The molecule has 1 N–H and O–H groups in total. The minimum absolute atomic E-state index is 0.110. The number of amides is 2. The molecular formula is C23H29N3O3. The van der Waals surface area contributed by atoms with Gasteiger partial charge in [0.15, 0.2) is 0 Å². The zero-order chi connectivity index (χ0) is 20.1. The van der Waals surface area contributed by atoms with Crippen LogP contribution in [0, 0.1) is 11.8 Å². The van der Waals surface area contributed by atoms with Crippen molar-refractivity contribution >= 4 is 17.8 Å². The molecule has 2 fully saturated rings. The van der Waals surface area contributed by atoms with E-state index >= 15 is 0 Å². The largest absolute Gasteiger partial charge is 0.493 e. The van der Waals surface area contributed by atoms with Crippen molar-refractivity contribution in [3.05, 3.63) is 47.9 Å². The maximum absolute atomic E-state index is 12.4. The monoisotopic (exact) mass is 395 g/mol. The standard InChI is InChI=1S/C23H29N3O3/c1-17-14-26(23(27)25-21-13-24-29-16-21)10-9-20(17)11-19-7-4-8-22(12-19)28-15-18-5-2-3-6-18/h4,7-8,11-13,16-18H,2-3,5-6,9-10,14-15H2,1H3,(H,25,27). The summed E-state index contributed by atoms with van der Waals surface area (Å²) in [5, 5.41) is 6.43. The van der Waals surface area contributed by atoms with E-state index in [1.54, 1.807) is 0 Å². The first kappa shape index (κ1) is 19.6. The second kappa shape index (κ2) is 9.16. The number of benzene rings is 1. The smallest absolute Gasteiger partial charge is 0.322 e. The van der Waals surface area contributed by atoms with Crippen LogP contribution in [-0.2, 0) is 0 Å². The maximum atomic E-state index is 12.4. The van der Waals surface area contributed by atoms with Gasteiger partial charge >= 0.3 is 6.03 Å². The van der Waals surface area contributed by atoms with Crippen LogP contribution in [0.25, 0.3) is 6.08 Å². The topological polar surface area (TPSA) is 67.6 Å². The zero-order valence-corrected chi connectivity index (χ0v) is 17.0. The zero-order valence-electron chi connectivity index (χ0n) is 17.0. The van der Waals surface area contributed by atoms with E-state index in [-0.39, 0.29) is 6.03 Å². The lowest BCUT2D eigenvalue weighted by atomic mass is 9.91. The Balaban J connectivity index is 1.34. The molecule has 2 heterocycles. The Morgan fingerprint density at radius 1 is 1.38 bits per heavy atom. The first-order valence-electron chi connectivity index (χ1n) is 10.6. The van der Waals surface area contributed by atoms with Gasteiger partial charge in [-0.15, -0.1) is 0 Å². The van der Waals surface area contributed by atoms with E-state index in [0.717, 1.165) is 24.3 Å². The van der Waals surface area contributed by atoms with Crippen LogP contribution < -0.4 is 10.1 Å². The SMILES string of the molecule is CC1CN(C(=O)Nc2cnoc2)CCC1=Cc1cccc(OCC2CCCC2)c1. The molecule has 29 heavy (non-hydrogen) atoms. The molecule has 6 heteroatoms. The van der Waals surface area contributed by atoms with E-state index in [0.29, 0.717) is 30.6 Å². The predicted octanol–water partition coefficient (Wildman–Crippen LogP) is 5.20. The summed E-state index contributed by atoms with van der Waals surface area (Å²) >= 11 is 0.